The number of hydrogen-bond acceptors (Lipinski definition) is 4. The zero-order chi connectivity index (χ0) is 27.8. The maximum absolute atomic E-state index is 13.2. The van der Waals surface area contributed by atoms with Crippen LogP contribution in [0.25, 0.3) is 6.08 Å². The van der Waals surface area contributed by atoms with Crippen molar-refractivity contribution < 1.29 is 32.2 Å². The SMILES string of the molecule is O=C(Nc1ccccc1OC(F)(F)F)C(=Cc1ccc(Oc2ccc(Cl)cc2)cc1)NC(=O)c1ccccc1. The number of para-hydroxylation sites is 2. The summed E-state index contributed by atoms with van der Waals surface area (Å²) in [6.45, 7) is 0. The maximum Gasteiger partial charge on any atom is 0.573 e. The number of carbonyl (C=O) groups is 2. The Morgan fingerprint density at radius 2 is 1.36 bits per heavy atom. The van der Waals surface area contributed by atoms with Gasteiger partial charge in [0.05, 0.1) is 5.69 Å². The number of halogens is 4. The van der Waals surface area contributed by atoms with Crippen molar-refractivity contribution >= 4 is 35.2 Å². The molecule has 0 bridgehead atoms. The molecule has 4 rings (SSSR count). The first-order valence-electron chi connectivity index (χ1n) is 11.4. The minimum Gasteiger partial charge on any atom is -0.457 e. The quantitative estimate of drug-likeness (QED) is 0.223. The number of benzene rings is 4. The summed E-state index contributed by atoms with van der Waals surface area (Å²) in [5, 5.41) is 5.48. The predicted molar refractivity (Wildman–Crippen MR) is 142 cm³/mol. The number of nitrogens with one attached hydrogen (secondary N) is 2. The summed E-state index contributed by atoms with van der Waals surface area (Å²) >= 11 is 5.89. The molecular weight excluding hydrogens is 533 g/mol. The molecule has 0 radical (unpaired) electrons. The predicted octanol–water partition coefficient (Wildman–Crippen LogP) is 7.44. The number of ether oxygens (including phenoxy) is 2. The lowest BCUT2D eigenvalue weighted by Crippen LogP contribution is -2.31. The van der Waals surface area contributed by atoms with Crippen LogP contribution in [0.15, 0.2) is 109 Å². The number of hydrogen-bond donors (Lipinski definition) is 2. The van der Waals surface area contributed by atoms with E-state index in [0.29, 0.717) is 22.1 Å². The molecule has 0 saturated carbocycles. The van der Waals surface area contributed by atoms with Gasteiger partial charge in [0.25, 0.3) is 11.8 Å². The molecule has 39 heavy (non-hydrogen) atoms. The van der Waals surface area contributed by atoms with Crippen LogP contribution in [0.4, 0.5) is 18.9 Å². The van der Waals surface area contributed by atoms with E-state index in [1.165, 1.54) is 24.3 Å². The molecule has 0 spiro atoms. The number of alkyl halides is 3. The van der Waals surface area contributed by atoms with E-state index in [4.69, 9.17) is 16.3 Å². The van der Waals surface area contributed by atoms with Crippen LogP contribution < -0.4 is 20.1 Å². The fourth-order valence-corrected chi connectivity index (χ4v) is 3.48. The highest BCUT2D eigenvalue weighted by Crippen LogP contribution is 2.30. The fraction of sp³-hybridized carbons (Fsp3) is 0.0345. The molecule has 4 aromatic rings. The van der Waals surface area contributed by atoms with Crippen LogP contribution >= 0.6 is 11.6 Å². The highest BCUT2D eigenvalue weighted by molar-refractivity contribution is 6.30. The van der Waals surface area contributed by atoms with Gasteiger partial charge in [0.15, 0.2) is 5.75 Å². The third kappa shape index (κ3) is 8.11. The first kappa shape index (κ1) is 27.3. The van der Waals surface area contributed by atoms with Crippen LogP contribution in [0, 0.1) is 0 Å². The monoisotopic (exact) mass is 552 g/mol. The van der Waals surface area contributed by atoms with Crippen LogP contribution in [0.5, 0.6) is 17.2 Å². The summed E-state index contributed by atoms with van der Waals surface area (Å²) in [4.78, 5) is 26.0. The van der Waals surface area contributed by atoms with Crippen molar-refractivity contribution in [2.24, 2.45) is 0 Å². The van der Waals surface area contributed by atoms with Crippen LogP contribution in [0.3, 0.4) is 0 Å². The molecule has 0 heterocycles. The van der Waals surface area contributed by atoms with E-state index < -0.39 is 23.9 Å². The molecule has 4 aromatic carbocycles. The van der Waals surface area contributed by atoms with E-state index in [2.05, 4.69) is 15.4 Å². The smallest absolute Gasteiger partial charge is 0.457 e. The third-order valence-electron chi connectivity index (χ3n) is 5.13. The summed E-state index contributed by atoms with van der Waals surface area (Å²) in [6, 6.07) is 26.6. The van der Waals surface area contributed by atoms with Gasteiger partial charge in [-0.2, -0.15) is 0 Å². The lowest BCUT2D eigenvalue weighted by molar-refractivity contribution is -0.274. The van der Waals surface area contributed by atoms with E-state index in [0.717, 1.165) is 6.07 Å². The molecular formula is C29H20ClF3N2O4. The summed E-state index contributed by atoms with van der Waals surface area (Å²) in [7, 11) is 0. The molecule has 0 fully saturated rings. The summed E-state index contributed by atoms with van der Waals surface area (Å²) in [5.41, 5.74) is 0.351. The highest BCUT2D eigenvalue weighted by Gasteiger charge is 2.32. The molecule has 6 nitrogen and oxygen atoms in total. The summed E-state index contributed by atoms with van der Waals surface area (Å²) in [6.07, 6.45) is -3.58. The summed E-state index contributed by atoms with van der Waals surface area (Å²) < 4.78 is 48.3. The normalized spacial score (nSPS) is 11.4. The molecule has 0 unspecified atom stereocenters. The van der Waals surface area contributed by atoms with Gasteiger partial charge in [-0.3, -0.25) is 9.59 Å². The van der Waals surface area contributed by atoms with Gasteiger partial charge in [-0.15, -0.1) is 13.2 Å². The Bertz CT molecular complexity index is 1470. The maximum atomic E-state index is 13.2. The molecule has 0 aromatic heterocycles. The lowest BCUT2D eigenvalue weighted by Gasteiger charge is -2.15. The van der Waals surface area contributed by atoms with Gasteiger partial charge in [-0.05, 0) is 72.3 Å². The van der Waals surface area contributed by atoms with E-state index in [1.54, 1.807) is 78.9 Å². The molecule has 2 amide bonds. The van der Waals surface area contributed by atoms with Crippen LogP contribution in [-0.4, -0.2) is 18.2 Å². The molecule has 0 aliphatic rings. The molecule has 0 aliphatic heterocycles. The van der Waals surface area contributed by atoms with Crippen molar-refractivity contribution in [1.82, 2.24) is 5.32 Å². The molecule has 198 valence electrons. The Kier molecular flexibility index (Phi) is 8.53. The van der Waals surface area contributed by atoms with E-state index in [1.807, 2.05) is 0 Å². The van der Waals surface area contributed by atoms with Crippen molar-refractivity contribution in [3.63, 3.8) is 0 Å². The van der Waals surface area contributed by atoms with Crippen molar-refractivity contribution in [2.45, 2.75) is 6.36 Å². The van der Waals surface area contributed by atoms with Crippen molar-refractivity contribution in [3.05, 3.63) is 125 Å². The average molecular weight is 553 g/mol. The zero-order valence-electron chi connectivity index (χ0n) is 20.0. The van der Waals surface area contributed by atoms with Gasteiger partial charge in [-0.1, -0.05) is 54.1 Å². The Morgan fingerprint density at radius 3 is 2.00 bits per heavy atom. The van der Waals surface area contributed by atoms with Crippen molar-refractivity contribution in [2.75, 3.05) is 5.32 Å². The molecule has 0 aliphatic carbocycles. The third-order valence-corrected chi connectivity index (χ3v) is 5.38. The number of rotatable bonds is 8. The first-order chi connectivity index (χ1) is 18.7. The standard InChI is InChI=1S/C29H20ClF3N2O4/c30-21-12-16-23(17-13-21)38-22-14-10-19(11-15-22)18-25(35-27(36)20-6-2-1-3-7-20)28(37)34-24-8-4-5-9-26(24)39-29(31,32)33/h1-18H,(H,34,37)(H,35,36). The van der Waals surface area contributed by atoms with Gasteiger partial charge >= 0.3 is 6.36 Å². The molecule has 0 atom stereocenters. The average Bonchev–Trinajstić information content (AvgIpc) is 2.91. The Balaban J connectivity index is 1.59. The number of carbonyl (C=O) groups excluding carboxylic acids is 2. The van der Waals surface area contributed by atoms with Crippen LogP contribution in [0.2, 0.25) is 5.02 Å². The summed E-state index contributed by atoms with van der Waals surface area (Å²) in [5.74, 6) is -0.973. The number of anilines is 1. The van der Waals surface area contributed by atoms with E-state index in [-0.39, 0.29) is 16.9 Å². The van der Waals surface area contributed by atoms with Gasteiger partial charge in [-0.25, -0.2) is 0 Å². The second-order valence-electron chi connectivity index (χ2n) is 8.00. The molecule has 10 heteroatoms. The Labute approximate surface area is 226 Å². The van der Waals surface area contributed by atoms with Crippen molar-refractivity contribution in [1.29, 1.82) is 0 Å². The minimum absolute atomic E-state index is 0.211. The van der Waals surface area contributed by atoms with Crippen LogP contribution in [0.1, 0.15) is 15.9 Å². The molecule has 0 saturated heterocycles. The second kappa shape index (κ2) is 12.2. The Hall–Kier alpha value is -4.76. The topological polar surface area (TPSA) is 76.7 Å². The van der Waals surface area contributed by atoms with Crippen LogP contribution in [-0.2, 0) is 4.79 Å². The fourth-order valence-electron chi connectivity index (χ4n) is 3.35. The zero-order valence-corrected chi connectivity index (χ0v) is 20.8. The van der Waals surface area contributed by atoms with Gasteiger partial charge < -0.3 is 20.1 Å². The first-order valence-corrected chi connectivity index (χ1v) is 11.8. The largest absolute Gasteiger partial charge is 0.573 e. The van der Waals surface area contributed by atoms with E-state index >= 15 is 0 Å². The molecule has 2 N–H and O–H groups in total. The number of amides is 2. The van der Waals surface area contributed by atoms with E-state index in [9.17, 15) is 22.8 Å². The van der Waals surface area contributed by atoms with Gasteiger partial charge in [0, 0.05) is 10.6 Å². The highest BCUT2D eigenvalue weighted by atomic mass is 35.5. The Morgan fingerprint density at radius 1 is 0.769 bits per heavy atom. The van der Waals surface area contributed by atoms with Gasteiger partial charge in [0.2, 0.25) is 0 Å². The minimum atomic E-state index is -4.96. The van der Waals surface area contributed by atoms with Crippen molar-refractivity contribution in [3.8, 4) is 17.2 Å². The lowest BCUT2D eigenvalue weighted by atomic mass is 10.1. The second-order valence-corrected chi connectivity index (χ2v) is 8.44. The van der Waals surface area contributed by atoms with Gasteiger partial charge in [0.1, 0.15) is 17.2 Å².